The highest BCUT2D eigenvalue weighted by Gasteiger charge is 2.00. The second-order valence-electron chi connectivity index (χ2n) is 1.97. The lowest BCUT2D eigenvalue weighted by Gasteiger charge is -1.91. The Balaban J connectivity index is 2.62. The van der Waals surface area contributed by atoms with Gasteiger partial charge in [-0.2, -0.15) is 0 Å². The van der Waals surface area contributed by atoms with Crippen LogP contribution in [0.2, 0.25) is 0 Å². The smallest absolute Gasteiger partial charge is 0.307 e. The van der Waals surface area contributed by atoms with E-state index < -0.39 is 5.97 Å². The zero-order valence-corrected chi connectivity index (χ0v) is 6.54. The fourth-order valence-corrected chi connectivity index (χ4v) is 1.10. The zero-order valence-electron chi connectivity index (χ0n) is 5.73. The van der Waals surface area contributed by atoms with Crippen LogP contribution in [0.25, 0.3) is 0 Å². The van der Waals surface area contributed by atoms with Gasteiger partial charge in [0.2, 0.25) is 0 Å². The maximum Gasteiger partial charge on any atom is 0.307 e. The maximum atomic E-state index is 10.2. The highest BCUT2D eigenvalue weighted by molar-refractivity contribution is 8.14. The molecule has 58 valence electrons. The van der Waals surface area contributed by atoms with Crippen molar-refractivity contribution in [1.82, 2.24) is 0 Å². The molecule has 1 heterocycles. The van der Waals surface area contributed by atoms with Gasteiger partial charge < -0.3 is 5.11 Å². The summed E-state index contributed by atoms with van der Waals surface area (Å²) in [5.41, 5.74) is 2.38. The van der Waals surface area contributed by atoms with Crippen LogP contribution in [0.5, 0.6) is 0 Å². The van der Waals surface area contributed by atoms with E-state index in [-0.39, 0.29) is 6.42 Å². The van der Waals surface area contributed by atoms with Crippen LogP contribution in [-0.2, 0) is 4.79 Å². The quantitative estimate of drug-likeness (QED) is 0.683. The molecule has 1 aliphatic heterocycles. The van der Waals surface area contributed by atoms with Crippen LogP contribution in [-0.4, -0.2) is 16.6 Å². The van der Waals surface area contributed by atoms with E-state index in [4.69, 9.17) is 5.11 Å². The number of hydrogen-bond acceptors (Lipinski definition) is 3. The van der Waals surface area contributed by atoms with Gasteiger partial charge in [-0.25, -0.2) is 0 Å². The van der Waals surface area contributed by atoms with Gasteiger partial charge >= 0.3 is 5.97 Å². The molecule has 0 saturated heterocycles. The highest BCUT2D eigenvalue weighted by atomic mass is 32.2. The van der Waals surface area contributed by atoms with E-state index >= 15 is 0 Å². The van der Waals surface area contributed by atoms with Crippen LogP contribution in [0.3, 0.4) is 0 Å². The van der Waals surface area contributed by atoms with E-state index in [1.807, 2.05) is 5.41 Å². The summed E-state index contributed by atoms with van der Waals surface area (Å²) in [6.07, 6.45) is 3.35. The lowest BCUT2D eigenvalue weighted by Crippen LogP contribution is -1.94. The minimum Gasteiger partial charge on any atom is -0.481 e. The molecule has 0 unspecified atom stereocenters. The van der Waals surface area contributed by atoms with Crippen LogP contribution < -0.4 is 0 Å². The Morgan fingerprint density at radius 1 is 1.73 bits per heavy atom. The molecular weight excluding hydrogens is 162 g/mol. The van der Waals surface area contributed by atoms with Crippen molar-refractivity contribution in [2.24, 2.45) is 4.99 Å². The van der Waals surface area contributed by atoms with Crippen LogP contribution in [0, 0.1) is 0 Å². The van der Waals surface area contributed by atoms with Crippen molar-refractivity contribution < 1.29 is 9.90 Å². The van der Waals surface area contributed by atoms with Gasteiger partial charge in [0.25, 0.3) is 0 Å². The Kier molecular flexibility index (Phi) is 2.92. The predicted molar refractivity (Wildman–Crippen MR) is 45.6 cm³/mol. The molecule has 0 radical (unpaired) electrons. The van der Waals surface area contributed by atoms with Crippen molar-refractivity contribution in [1.29, 1.82) is 0 Å². The summed E-state index contributed by atoms with van der Waals surface area (Å²) in [7, 11) is 0. The van der Waals surface area contributed by atoms with Crippen LogP contribution in [0.15, 0.2) is 28.2 Å². The monoisotopic (exact) mass is 169 g/mol. The molecule has 0 amide bonds. The first kappa shape index (κ1) is 8.07. The first-order valence-corrected chi connectivity index (χ1v) is 3.98. The number of thioether (sulfide) groups is 1. The molecule has 0 spiro atoms. The maximum absolute atomic E-state index is 10.2. The molecule has 1 N–H and O–H groups in total. The molecule has 3 nitrogen and oxygen atoms in total. The molecule has 0 saturated carbocycles. The summed E-state index contributed by atoms with van der Waals surface area (Å²) in [4.78, 5) is 14.1. The second kappa shape index (κ2) is 3.98. The minimum atomic E-state index is -0.831. The van der Waals surface area contributed by atoms with Gasteiger partial charge in [0.05, 0.1) is 12.0 Å². The van der Waals surface area contributed by atoms with E-state index in [1.54, 1.807) is 17.8 Å². The lowest BCUT2D eigenvalue weighted by molar-refractivity contribution is -0.136. The molecule has 1 aliphatic rings. The number of carboxylic acid groups (broad SMARTS) is 1. The van der Waals surface area contributed by atoms with Gasteiger partial charge in [0.1, 0.15) is 0 Å². The van der Waals surface area contributed by atoms with Crippen molar-refractivity contribution in [3.63, 3.8) is 0 Å². The normalized spacial score (nSPS) is 15.8. The van der Waals surface area contributed by atoms with Crippen LogP contribution in [0.1, 0.15) is 6.42 Å². The molecule has 0 aromatic rings. The fourth-order valence-electron chi connectivity index (χ4n) is 0.645. The molecule has 0 fully saturated rings. The molecule has 11 heavy (non-hydrogen) atoms. The SMILES string of the molecule is O=C(O)CC1=CN=CSC=C1. The summed E-state index contributed by atoms with van der Waals surface area (Å²) >= 11 is 1.43. The van der Waals surface area contributed by atoms with Gasteiger partial charge in [-0.3, -0.25) is 9.79 Å². The number of allylic oxidation sites excluding steroid dienone is 1. The van der Waals surface area contributed by atoms with Crippen molar-refractivity contribution >= 4 is 23.3 Å². The standard InChI is InChI=1S/C7H7NO2S/c9-7(10)3-6-1-2-11-5-8-4-6/h1-2,4-5H,3H2,(H,9,10). The highest BCUT2D eigenvalue weighted by Crippen LogP contribution is 2.11. The number of carboxylic acids is 1. The van der Waals surface area contributed by atoms with E-state index in [0.717, 1.165) is 5.57 Å². The van der Waals surface area contributed by atoms with Gasteiger partial charge in [-0.1, -0.05) is 17.8 Å². The first-order valence-electron chi connectivity index (χ1n) is 3.03. The second-order valence-corrected chi connectivity index (χ2v) is 2.72. The third-order valence-corrected chi connectivity index (χ3v) is 1.61. The minimum absolute atomic E-state index is 0.0361. The van der Waals surface area contributed by atoms with Crippen molar-refractivity contribution in [3.8, 4) is 0 Å². The van der Waals surface area contributed by atoms with Crippen molar-refractivity contribution in [3.05, 3.63) is 23.3 Å². The van der Waals surface area contributed by atoms with Gasteiger partial charge in [-0.05, 0) is 11.0 Å². The van der Waals surface area contributed by atoms with Gasteiger partial charge in [-0.15, -0.1) is 0 Å². The van der Waals surface area contributed by atoms with E-state index in [1.165, 1.54) is 11.8 Å². The molecule has 0 atom stereocenters. The Bertz CT molecular complexity index is 243. The number of rotatable bonds is 2. The molecular formula is C7H7NO2S. The average Bonchev–Trinajstić information content (AvgIpc) is 2.14. The summed E-state index contributed by atoms with van der Waals surface area (Å²) in [5, 5.41) is 10.2. The average molecular weight is 169 g/mol. The van der Waals surface area contributed by atoms with E-state index in [0.29, 0.717) is 0 Å². The number of nitrogens with zero attached hydrogens (tertiary/aromatic N) is 1. The largest absolute Gasteiger partial charge is 0.481 e. The van der Waals surface area contributed by atoms with Crippen LogP contribution in [0.4, 0.5) is 0 Å². The molecule has 0 aromatic heterocycles. The topological polar surface area (TPSA) is 49.7 Å². The van der Waals surface area contributed by atoms with Crippen molar-refractivity contribution in [2.75, 3.05) is 0 Å². The predicted octanol–water partition coefficient (Wildman–Crippen LogP) is 1.63. The van der Waals surface area contributed by atoms with Gasteiger partial charge in [0.15, 0.2) is 0 Å². The molecule has 4 heteroatoms. The van der Waals surface area contributed by atoms with E-state index in [9.17, 15) is 4.79 Å². The molecule has 0 bridgehead atoms. The summed E-state index contributed by atoms with van der Waals surface area (Å²) < 4.78 is 0. The third kappa shape index (κ3) is 3.04. The Morgan fingerprint density at radius 3 is 3.27 bits per heavy atom. The summed E-state index contributed by atoms with van der Waals surface area (Å²) in [6, 6.07) is 0. The number of aliphatic imine (C=N–C) groups is 1. The Hall–Kier alpha value is -1.03. The summed E-state index contributed by atoms with van der Waals surface area (Å²) in [6.45, 7) is 0. The third-order valence-electron chi connectivity index (χ3n) is 1.08. The summed E-state index contributed by atoms with van der Waals surface area (Å²) in [5.74, 6) is -0.831. The van der Waals surface area contributed by atoms with E-state index in [2.05, 4.69) is 4.99 Å². The number of hydrogen-bond donors (Lipinski definition) is 1. The molecule has 0 aromatic carbocycles. The molecule has 0 aliphatic carbocycles. The Labute approximate surface area is 68.5 Å². The molecule has 1 rings (SSSR count). The van der Waals surface area contributed by atoms with Gasteiger partial charge in [0, 0.05) is 6.20 Å². The first-order chi connectivity index (χ1) is 5.29. The van der Waals surface area contributed by atoms with Crippen LogP contribution >= 0.6 is 11.8 Å². The Morgan fingerprint density at radius 2 is 2.55 bits per heavy atom. The fraction of sp³-hybridized carbons (Fsp3) is 0.143. The number of aliphatic carboxylic acids is 1. The zero-order chi connectivity index (χ0) is 8.10. The van der Waals surface area contributed by atoms with Crippen molar-refractivity contribution in [2.45, 2.75) is 6.42 Å². The lowest BCUT2D eigenvalue weighted by atomic mass is 10.2. The number of carbonyl (C=O) groups is 1.